The molecule has 1 aliphatic rings. The molecule has 1 amide bonds. The molecule has 0 spiro atoms. The molecular weight excluding hydrogens is 365 g/mol. The molecule has 1 aliphatic heterocycles. The molecule has 1 N–H and O–H groups in total. The second-order valence-electron chi connectivity index (χ2n) is 8.11. The van der Waals surface area contributed by atoms with E-state index in [0.717, 1.165) is 18.5 Å². The van der Waals surface area contributed by atoms with Gasteiger partial charge < -0.3 is 10.2 Å². The first-order valence-electron chi connectivity index (χ1n) is 9.85. The second-order valence-corrected chi connectivity index (χ2v) is 8.11. The van der Waals surface area contributed by atoms with Gasteiger partial charge in [0.05, 0.1) is 0 Å². The average molecular weight is 391 g/mol. The van der Waals surface area contributed by atoms with Gasteiger partial charge >= 0.3 is 0 Å². The van der Waals surface area contributed by atoms with E-state index in [-0.39, 0.29) is 16.9 Å². The second kappa shape index (κ2) is 8.08. The zero-order valence-electron chi connectivity index (χ0n) is 17.3. The molecule has 0 fully saturated rings. The largest absolute Gasteiger partial charge is 0.366 e. The molecule has 150 valence electrons. The zero-order valence-corrected chi connectivity index (χ0v) is 17.3. The van der Waals surface area contributed by atoms with Gasteiger partial charge in [-0.1, -0.05) is 13.0 Å². The summed E-state index contributed by atoms with van der Waals surface area (Å²) >= 11 is 0. The number of nitrogens with one attached hydrogen (secondary N) is 1. The minimum absolute atomic E-state index is 0.00501. The molecule has 2 aromatic carbocycles. The van der Waals surface area contributed by atoms with Gasteiger partial charge in [0.2, 0.25) is 0 Å². The van der Waals surface area contributed by atoms with Crippen LogP contribution in [0.3, 0.4) is 0 Å². The lowest BCUT2D eigenvalue weighted by Gasteiger charge is -2.47. The Hall–Kier alpha value is -3.13. The van der Waals surface area contributed by atoms with Crippen molar-refractivity contribution in [3.63, 3.8) is 0 Å². The van der Waals surface area contributed by atoms with Gasteiger partial charge in [0, 0.05) is 23.5 Å². The molecule has 29 heavy (non-hydrogen) atoms. The van der Waals surface area contributed by atoms with Gasteiger partial charge in [0.15, 0.2) is 0 Å². The van der Waals surface area contributed by atoms with Crippen molar-refractivity contribution in [2.45, 2.75) is 45.6 Å². The first-order chi connectivity index (χ1) is 13.7. The Morgan fingerprint density at radius 1 is 1.31 bits per heavy atom. The van der Waals surface area contributed by atoms with Gasteiger partial charge in [0.25, 0.3) is 5.91 Å². The third-order valence-corrected chi connectivity index (χ3v) is 5.50. The van der Waals surface area contributed by atoms with Crippen LogP contribution in [0.25, 0.3) is 6.08 Å². The van der Waals surface area contributed by atoms with Crippen LogP contribution < -0.4 is 10.2 Å². The third kappa shape index (κ3) is 4.32. The van der Waals surface area contributed by atoms with Crippen LogP contribution in [0.5, 0.6) is 0 Å². The van der Waals surface area contributed by atoms with Gasteiger partial charge in [0.1, 0.15) is 17.5 Å². The summed E-state index contributed by atoms with van der Waals surface area (Å²) in [6, 6.07) is 13.5. The summed E-state index contributed by atoms with van der Waals surface area (Å²) in [5.41, 5.74) is 3.80. The number of hydrogen-bond acceptors (Lipinski definition) is 3. The zero-order chi connectivity index (χ0) is 21.2. The smallest absolute Gasteiger partial charge is 0.266 e. The number of nitrogens with zero attached hydrogens (tertiary/aromatic N) is 2. The van der Waals surface area contributed by atoms with Gasteiger partial charge in [-0.2, -0.15) is 5.26 Å². The van der Waals surface area contributed by atoms with Crippen LogP contribution in [-0.4, -0.2) is 18.0 Å². The number of halogens is 1. The van der Waals surface area contributed by atoms with Crippen LogP contribution in [0.2, 0.25) is 0 Å². The average Bonchev–Trinajstić information content (AvgIpc) is 2.67. The highest BCUT2D eigenvalue weighted by Crippen LogP contribution is 2.43. The maximum absolute atomic E-state index is 13.0. The highest BCUT2D eigenvalue weighted by Gasteiger charge is 2.35. The fourth-order valence-electron chi connectivity index (χ4n) is 4.24. The monoisotopic (exact) mass is 391 g/mol. The number of hydrogen-bond donors (Lipinski definition) is 1. The quantitative estimate of drug-likeness (QED) is 0.554. The van der Waals surface area contributed by atoms with Gasteiger partial charge in [-0.3, -0.25) is 4.79 Å². The summed E-state index contributed by atoms with van der Waals surface area (Å²) in [5, 5.41) is 12.1. The molecule has 1 atom stereocenters. The predicted octanol–water partition coefficient (Wildman–Crippen LogP) is 5.48. The van der Waals surface area contributed by atoms with Crippen molar-refractivity contribution in [2.24, 2.45) is 0 Å². The Morgan fingerprint density at radius 2 is 2.00 bits per heavy atom. The van der Waals surface area contributed by atoms with E-state index < -0.39 is 5.91 Å². The highest BCUT2D eigenvalue weighted by atomic mass is 19.1. The first-order valence-corrected chi connectivity index (χ1v) is 9.85. The van der Waals surface area contributed by atoms with E-state index in [1.807, 2.05) is 12.1 Å². The minimum Gasteiger partial charge on any atom is -0.366 e. The lowest BCUT2D eigenvalue weighted by molar-refractivity contribution is -0.112. The molecule has 0 unspecified atom stereocenters. The molecule has 0 bridgehead atoms. The number of fused-ring (bicyclic) bond motifs is 1. The lowest BCUT2D eigenvalue weighted by Crippen LogP contribution is -2.48. The fourth-order valence-corrected chi connectivity index (χ4v) is 4.24. The number of rotatable bonds is 4. The predicted molar refractivity (Wildman–Crippen MR) is 115 cm³/mol. The van der Waals surface area contributed by atoms with E-state index in [1.54, 1.807) is 6.08 Å². The molecule has 5 heteroatoms. The number of amides is 1. The molecule has 2 aromatic rings. The van der Waals surface area contributed by atoms with Crippen LogP contribution in [0.4, 0.5) is 15.8 Å². The maximum Gasteiger partial charge on any atom is 0.266 e. The minimum atomic E-state index is -0.513. The van der Waals surface area contributed by atoms with E-state index in [0.29, 0.717) is 11.6 Å². The lowest BCUT2D eigenvalue weighted by atomic mass is 9.79. The summed E-state index contributed by atoms with van der Waals surface area (Å²) in [6.07, 6.45) is 2.64. The van der Waals surface area contributed by atoms with Crippen LogP contribution in [-0.2, 0) is 4.79 Å². The Balaban J connectivity index is 1.89. The number of nitriles is 1. The Bertz CT molecular complexity index is 986. The molecule has 0 saturated carbocycles. The number of carbonyl (C=O) groups is 1. The van der Waals surface area contributed by atoms with Crippen LogP contribution in [0.1, 0.15) is 51.2 Å². The number of anilines is 2. The van der Waals surface area contributed by atoms with Crippen LogP contribution in [0.15, 0.2) is 48.0 Å². The normalized spacial score (nSPS) is 18.0. The molecular formula is C24H26FN3O. The Labute approximate surface area is 171 Å². The Kier molecular flexibility index (Phi) is 5.74. The van der Waals surface area contributed by atoms with Crippen molar-refractivity contribution < 1.29 is 9.18 Å². The molecule has 0 radical (unpaired) electrons. The first kappa shape index (κ1) is 20.6. The van der Waals surface area contributed by atoms with Crippen molar-refractivity contribution in [3.8, 4) is 6.07 Å². The molecule has 1 heterocycles. The third-order valence-electron chi connectivity index (χ3n) is 5.50. The topological polar surface area (TPSA) is 56.1 Å². The maximum atomic E-state index is 13.0. The van der Waals surface area contributed by atoms with Crippen molar-refractivity contribution in [1.29, 1.82) is 5.26 Å². The van der Waals surface area contributed by atoms with E-state index >= 15 is 0 Å². The van der Waals surface area contributed by atoms with Crippen LogP contribution >= 0.6 is 0 Å². The molecule has 3 rings (SSSR count). The summed E-state index contributed by atoms with van der Waals surface area (Å²) in [7, 11) is 0. The fraction of sp³-hybridized carbons (Fsp3) is 0.333. The van der Waals surface area contributed by atoms with Crippen molar-refractivity contribution in [2.75, 3.05) is 16.8 Å². The van der Waals surface area contributed by atoms with Gasteiger partial charge in [-0.05, 0) is 86.7 Å². The SMILES string of the molecule is CCN1c2ccc(/C=C(/C#N)C(=O)Nc3ccc(F)cc3)cc2[C@H](C)CC1(C)C. The van der Waals surface area contributed by atoms with Crippen molar-refractivity contribution >= 4 is 23.4 Å². The van der Waals surface area contributed by atoms with E-state index in [4.69, 9.17) is 0 Å². The van der Waals surface area contributed by atoms with E-state index in [2.05, 4.69) is 50.0 Å². The molecule has 0 aliphatic carbocycles. The summed E-state index contributed by atoms with van der Waals surface area (Å²) < 4.78 is 13.0. The summed E-state index contributed by atoms with van der Waals surface area (Å²) in [5.74, 6) is -0.512. The van der Waals surface area contributed by atoms with Crippen LogP contribution in [0, 0.1) is 17.1 Å². The number of carbonyl (C=O) groups excluding carboxylic acids is 1. The van der Waals surface area contributed by atoms with E-state index in [1.165, 1.54) is 35.5 Å². The standard InChI is InChI=1S/C24H26FN3O/c1-5-28-22-11-6-17(13-21(22)16(2)14-24(28,3)4)12-18(15-26)23(29)27-20-9-7-19(25)8-10-20/h6-13,16H,5,14H2,1-4H3,(H,27,29)/b18-12-/t16-/m1/s1. The van der Waals surface area contributed by atoms with E-state index in [9.17, 15) is 14.4 Å². The molecule has 0 aromatic heterocycles. The highest BCUT2D eigenvalue weighted by molar-refractivity contribution is 6.09. The van der Waals surface area contributed by atoms with Crippen molar-refractivity contribution in [3.05, 3.63) is 65.0 Å². The van der Waals surface area contributed by atoms with Crippen molar-refractivity contribution in [1.82, 2.24) is 0 Å². The Morgan fingerprint density at radius 3 is 2.62 bits per heavy atom. The van der Waals surface area contributed by atoms with Gasteiger partial charge in [-0.25, -0.2) is 4.39 Å². The summed E-state index contributed by atoms with van der Waals surface area (Å²) in [4.78, 5) is 14.9. The molecule has 0 saturated heterocycles. The molecule has 4 nitrogen and oxygen atoms in total. The van der Waals surface area contributed by atoms with Gasteiger partial charge in [-0.15, -0.1) is 0 Å². The number of benzene rings is 2. The summed E-state index contributed by atoms with van der Waals surface area (Å²) in [6.45, 7) is 9.82.